The van der Waals surface area contributed by atoms with Gasteiger partial charge in [-0.3, -0.25) is 14.0 Å². The van der Waals surface area contributed by atoms with Crippen LogP contribution in [0.2, 0.25) is 5.02 Å². The van der Waals surface area contributed by atoms with E-state index in [1.54, 1.807) is 29.3 Å². The molecule has 0 saturated carbocycles. The summed E-state index contributed by atoms with van der Waals surface area (Å²) < 4.78 is 1.40. The molecule has 3 aromatic rings. The Balaban J connectivity index is 1.52. The van der Waals surface area contributed by atoms with Crippen molar-refractivity contribution in [2.45, 2.75) is 0 Å². The zero-order valence-corrected chi connectivity index (χ0v) is 14.8. The Morgan fingerprint density at radius 2 is 1.85 bits per heavy atom. The molecule has 26 heavy (non-hydrogen) atoms. The summed E-state index contributed by atoms with van der Waals surface area (Å²) in [5.41, 5.74) is 1.33. The van der Waals surface area contributed by atoms with Gasteiger partial charge in [0, 0.05) is 49.3 Å². The molecule has 1 fully saturated rings. The molecule has 1 aromatic carbocycles. The number of hydrogen-bond acceptors (Lipinski definition) is 4. The Kier molecular flexibility index (Phi) is 4.34. The fourth-order valence-electron chi connectivity index (χ4n) is 3.18. The van der Waals surface area contributed by atoms with Gasteiger partial charge in [-0.25, -0.2) is 4.98 Å². The van der Waals surface area contributed by atoms with E-state index in [2.05, 4.69) is 9.88 Å². The van der Waals surface area contributed by atoms with E-state index in [-0.39, 0.29) is 17.0 Å². The Labute approximate surface area is 155 Å². The number of benzene rings is 1. The molecule has 0 N–H and O–H groups in total. The van der Waals surface area contributed by atoms with Crippen molar-refractivity contribution >= 4 is 28.8 Å². The SMILES string of the molecule is O=C(c1cnc2ccccn2c1=O)N1CCN(c2cccc(Cl)c2)CC1. The Morgan fingerprint density at radius 3 is 2.62 bits per heavy atom. The highest BCUT2D eigenvalue weighted by molar-refractivity contribution is 6.30. The van der Waals surface area contributed by atoms with Crippen LogP contribution in [-0.4, -0.2) is 46.4 Å². The first kappa shape index (κ1) is 16.6. The maximum absolute atomic E-state index is 12.8. The summed E-state index contributed by atoms with van der Waals surface area (Å²) in [6.45, 7) is 2.47. The summed E-state index contributed by atoms with van der Waals surface area (Å²) in [6, 6.07) is 13.0. The third-order valence-electron chi connectivity index (χ3n) is 4.58. The lowest BCUT2D eigenvalue weighted by Crippen LogP contribution is -2.49. The van der Waals surface area contributed by atoms with Crippen LogP contribution >= 0.6 is 11.6 Å². The second-order valence-corrected chi connectivity index (χ2v) is 6.60. The minimum atomic E-state index is -0.335. The van der Waals surface area contributed by atoms with E-state index in [4.69, 9.17) is 11.6 Å². The molecule has 2 aromatic heterocycles. The molecular formula is C19H17ClN4O2. The predicted molar refractivity (Wildman–Crippen MR) is 101 cm³/mol. The monoisotopic (exact) mass is 368 g/mol. The average molecular weight is 369 g/mol. The summed E-state index contributed by atoms with van der Waals surface area (Å²) in [7, 11) is 0. The highest BCUT2D eigenvalue weighted by Gasteiger charge is 2.24. The van der Waals surface area contributed by atoms with Gasteiger partial charge in [0.15, 0.2) is 0 Å². The number of rotatable bonds is 2. The molecule has 0 spiro atoms. The lowest BCUT2D eigenvalue weighted by Gasteiger charge is -2.36. The first-order chi connectivity index (χ1) is 12.6. The molecule has 4 rings (SSSR count). The molecule has 1 aliphatic rings. The average Bonchev–Trinajstić information content (AvgIpc) is 2.68. The standard InChI is InChI=1S/C19H17ClN4O2/c20-14-4-3-5-15(12-14)22-8-10-23(11-9-22)18(25)16-13-21-17-6-1-2-7-24(17)19(16)26/h1-7,12-13H,8-11H2. The van der Waals surface area contributed by atoms with Crippen LogP contribution in [0.15, 0.2) is 59.7 Å². The van der Waals surface area contributed by atoms with Crippen LogP contribution in [0.3, 0.4) is 0 Å². The molecule has 0 bridgehead atoms. The Hall–Kier alpha value is -2.86. The van der Waals surface area contributed by atoms with Crippen LogP contribution in [0.25, 0.3) is 5.65 Å². The van der Waals surface area contributed by atoms with E-state index >= 15 is 0 Å². The molecule has 3 heterocycles. The van der Waals surface area contributed by atoms with Gasteiger partial charge in [0.2, 0.25) is 0 Å². The van der Waals surface area contributed by atoms with Crippen molar-refractivity contribution in [2.75, 3.05) is 31.1 Å². The third-order valence-corrected chi connectivity index (χ3v) is 4.82. The lowest BCUT2D eigenvalue weighted by atomic mass is 10.2. The van der Waals surface area contributed by atoms with Gasteiger partial charge >= 0.3 is 0 Å². The Bertz CT molecular complexity index is 1030. The topological polar surface area (TPSA) is 57.9 Å². The molecule has 7 heteroatoms. The largest absolute Gasteiger partial charge is 0.368 e. The highest BCUT2D eigenvalue weighted by atomic mass is 35.5. The van der Waals surface area contributed by atoms with E-state index in [1.165, 1.54) is 10.6 Å². The van der Waals surface area contributed by atoms with Crippen molar-refractivity contribution in [3.05, 3.63) is 75.8 Å². The fourth-order valence-corrected chi connectivity index (χ4v) is 3.37. The maximum atomic E-state index is 12.8. The third kappa shape index (κ3) is 3.04. The number of hydrogen-bond donors (Lipinski definition) is 0. The van der Waals surface area contributed by atoms with E-state index in [0.29, 0.717) is 36.8 Å². The number of halogens is 1. The number of amides is 1. The second-order valence-electron chi connectivity index (χ2n) is 6.16. The molecule has 0 radical (unpaired) electrons. The van der Waals surface area contributed by atoms with Crippen molar-refractivity contribution in [1.82, 2.24) is 14.3 Å². The highest BCUT2D eigenvalue weighted by Crippen LogP contribution is 2.21. The van der Waals surface area contributed by atoms with Crippen molar-refractivity contribution in [3.63, 3.8) is 0 Å². The predicted octanol–water partition coefficient (Wildman–Crippen LogP) is 2.31. The summed E-state index contributed by atoms with van der Waals surface area (Å²) in [5, 5.41) is 0.691. The first-order valence-electron chi connectivity index (χ1n) is 8.40. The van der Waals surface area contributed by atoms with Crippen molar-refractivity contribution < 1.29 is 4.79 Å². The van der Waals surface area contributed by atoms with Gasteiger partial charge in [0.05, 0.1) is 0 Å². The van der Waals surface area contributed by atoms with Crippen molar-refractivity contribution in [3.8, 4) is 0 Å². The number of carbonyl (C=O) groups excluding carboxylic acids is 1. The van der Waals surface area contributed by atoms with E-state index in [1.807, 2.05) is 24.3 Å². The molecule has 132 valence electrons. The molecular weight excluding hydrogens is 352 g/mol. The number of aromatic nitrogens is 2. The summed E-state index contributed by atoms with van der Waals surface area (Å²) in [6.07, 6.45) is 3.00. The smallest absolute Gasteiger partial charge is 0.270 e. The first-order valence-corrected chi connectivity index (χ1v) is 8.77. The van der Waals surface area contributed by atoms with E-state index < -0.39 is 0 Å². The molecule has 6 nitrogen and oxygen atoms in total. The number of pyridine rings is 1. The molecule has 1 saturated heterocycles. The fraction of sp³-hybridized carbons (Fsp3) is 0.211. The minimum absolute atomic E-state index is 0.102. The van der Waals surface area contributed by atoms with Gasteiger partial charge in [-0.1, -0.05) is 23.7 Å². The number of carbonyl (C=O) groups is 1. The summed E-state index contributed by atoms with van der Waals surface area (Å²) in [5.74, 6) is -0.272. The lowest BCUT2D eigenvalue weighted by molar-refractivity contribution is 0.0744. The van der Waals surface area contributed by atoms with Crippen LogP contribution in [-0.2, 0) is 0 Å². The number of piperazine rings is 1. The van der Waals surface area contributed by atoms with Crippen LogP contribution in [0.5, 0.6) is 0 Å². The van der Waals surface area contributed by atoms with Crippen molar-refractivity contribution in [1.29, 1.82) is 0 Å². The van der Waals surface area contributed by atoms with Gasteiger partial charge in [-0.15, -0.1) is 0 Å². The molecule has 0 unspecified atom stereocenters. The zero-order valence-electron chi connectivity index (χ0n) is 14.0. The normalized spacial score (nSPS) is 14.7. The molecule has 1 aliphatic heterocycles. The van der Waals surface area contributed by atoms with Crippen molar-refractivity contribution in [2.24, 2.45) is 0 Å². The van der Waals surface area contributed by atoms with Crippen LogP contribution < -0.4 is 10.5 Å². The van der Waals surface area contributed by atoms with Gasteiger partial charge in [-0.05, 0) is 30.3 Å². The summed E-state index contributed by atoms with van der Waals surface area (Å²) in [4.78, 5) is 33.5. The van der Waals surface area contributed by atoms with E-state index in [0.717, 1.165) is 5.69 Å². The number of anilines is 1. The van der Waals surface area contributed by atoms with Crippen LogP contribution in [0.4, 0.5) is 5.69 Å². The van der Waals surface area contributed by atoms with Crippen LogP contribution in [0.1, 0.15) is 10.4 Å². The van der Waals surface area contributed by atoms with Gasteiger partial charge in [0.25, 0.3) is 11.5 Å². The second kappa shape index (κ2) is 6.80. The Morgan fingerprint density at radius 1 is 1.04 bits per heavy atom. The maximum Gasteiger partial charge on any atom is 0.270 e. The summed E-state index contributed by atoms with van der Waals surface area (Å²) >= 11 is 6.05. The van der Waals surface area contributed by atoms with Gasteiger partial charge in [0.1, 0.15) is 11.2 Å². The number of nitrogens with zero attached hydrogens (tertiary/aromatic N) is 4. The van der Waals surface area contributed by atoms with Gasteiger partial charge in [-0.2, -0.15) is 0 Å². The molecule has 0 aliphatic carbocycles. The minimum Gasteiger partial charge on any atom is -0.368 e. The van der Waals surface area contributed by atoms with Crippen LogP contribution in [0, 0.1) is 0 Å². The number of fused-ring (bicyclic) bond motifs is 1. The molecule has 0 atom stereocenters. The molecule has 1 amide bonds. The van der Waals surface area contributed by atoms with Gasteiger partial charge < -0.3 is 9.80 Å². The zero-order chi connectivity index (χ0) is 18.1. The van der Waals surface area contributed by atoms with E-state index in [9.17, 15) is 9.59 Å². The quantitative estimate of drug-likeness (QED) is 0.696.